The summed E-state index contributed by atoms with van der Waals surface area (Å²) in [6, 6.07) is 10.6. The highest BCUT2D eigenvalue weighted by molar-refractivity contribution is 7.09. The summed E-state index contributed by atoms with van der Waals surface area (Å²) in [5, 5.41) is 11.0. The third kappa shape index (κ3) is 3.13. The number of thiophene rings is 1. The molecule has 25 heavy (non-hydrogen) atoms. The lowest BCUT2D eigenvalue weighted by atomic mass is 10.1. The van der Waals surface area contributed by atoms with Crippen LogP contribution in [0.2, 0.25) is 0 Å². The third-order valence-electron chi connectivity index (χ3n) is 4.20. The van der Waals surface area contributed by atoms with Crippen molar-refractivity contribution in [3.05, 3.63) is 64.2 Å². The van der Waals surface area contributed by atoms with Crippen molar-refractivity contribution in [1.82, 2.24) is 19.7 Å². The number of rotatable bonds is 5. The fourth-order valence-electron chi connectivity index (χ4n) is 2.87. The van der Waals surface area contributed by atoms with E-state index in [0.29, 0.717) is 0 Å². The predicted octanol–water partition coefficient (Wildman–Crippen LogP) is 4.15. The Morgan fingerprint density at radius 3 is 2.92 bits per heavy atom. The monoisotopic (exact) mass is 349 g/mol. The zero-order valence-corrected chi connectivity index (χ0v) is 15.0. The van der Waals surface area contributed by atoms with Gasteiger partial charge in [-0.15, -0.1) is 11.3 Å². The van der Waals surface area contributed by atoms with Crippen LogP contribution in [0.3, 0.4) is 0 Å². The van der Waals surface area contributed by atoms with E-state index in [-0.39, 0.29) is 0 Å². The number of hydrogen-bond donors (Lipinski definition) is 1. The average Bonchev–Trinajstić information content (AvgIpc) is 3.27. The Morgan fingerprint density at radius 2 is 2.08 bits per heavy atom. The maximum Gasteiger partial charge on any atom is 0.168 e. The van der Waals surface area contributed by atoms with E-state index in [2.05, 4.69) is 69.9 Å². The molecule has 0 radical (unpaired) electrons. The van der Waals surface area contributed by atoms with Crippen LogP contribution in [0.5, 0.6) is 0 Å². The Bertz CT molecular complexity index is 1000. The number of anilines is 1. The molecule has 0 saturated carbocycles. The molecule has 1 N–H and O–H groups in total. The molecule has 0 atom stereocenters. The lowest BCUT2D eigenvalue weighted by Crippen LogP contribution is -2.06. The van der Waals surface area contributed by atoms with E-state index in [1.54, 1.807) is 17.7 Å². The van der Waals surface area contributed by atoms with E-state index >= 15 is 0 Å². The summed E-state index contributed by atoms with van der Waals surface area (Å²) in [7, 11) is 0. The molecule has 1 aromatic carbocycles. The first-order valence-electron chi connectivity index (χ1n) is 8.25. The Hall–Kier alpha value is -2.73. The van der Waals surface area contributed by atoms with Crippen LogP contribution in [0.4, 0.5) is 5.82 Å². The minimum Gasteiger partial charge on any atom is -0.369 e. The van der Waals surface area contributed by atoms with Crippen LogP contribution in [-0.4, -0.2) is 26.3 Å². The number of hydrogen-bond acceptors (Lipinski definition) is 5. The Labute approximate surface area is 150 Å². The number of fused-ring (bicyclic) bond motifs is 1. The second-order valence-electron chi connectivity index (χ2n) is 6.06. The molecule has 4 aromatic rings. The quantitative estimate of drug-likeness (QED) is 0.588. The van der Waals surface area contributed by atoms with Crippen LogP contribution in [0, 0.1) is 13.8 Å². The molecule has 0 aliphatic heterocycles. The Morgan fingerprint density at radius 1 is 1.16 bits per heavy atom. The van der Waals surface area contributed by atoms with Crippen LogP contribution < -0.4 is 5.32 Å². The van der Waals surface area contributed by atoms with E-state index in [9.17, 15) is 0 Å². The molecule has 0 amide bonds. The highest BCUT2D eigenvalue weighted by Crippen LogP contribution is 2.24. The van der Waals surface area contributed by atoms with Crippen LogP contribution >= 0.6 is 11.3 Å². The zero-order valence-electron chi connectivity index (χ0n) is 14.2. The van der Waals surface area contributed by atoms with Gasteiger partial charge in [0.2, 0.25) is 0 Å². The summed E-state index contributed by atoms with van der Waals surface area (Å²) >= 11 is 1.78. The van der Waals surface area contributed by atoms with E-state index in [4.69, 9.17) is 0 Å². The van der Waals surface area contributed by atoms with Crippen molar-refractivity contribution < 1.29 is 0 Å². The molecule has 0 bridgehead atoms. The highest BCUT2D eigenvalue weighted by atomic mass is 32.1. The smallest absolute Gasteiger partial charge is 0.168 e. The number of nitrogens with zero attached hydrogens (tertiary/aromatic N) is 4. The highest BCUT2D eigenvalue weighted by Gasteiger charge is 2.12. The minimum atomic E-state index is 0.822. The van der Waals surface area contributed by atoms with E-state index in [0.717, 1.165) is 35.5 Å². The van der Waals surface area contributed by atoms with Gasteiger partial charge in [-0.1, -0.05) is 18.2 Å². The molecule has 0 spiro atoms. The van der Waals surface area contributed by atoms with Crippen molar-refractivity contribution in [2.24, 2.45) is 0 Å². The topological polar surface area (TPSA) is 55.6 Å². The van der Waals surface area contributed by atoms with Gasteiger partial charge in [0.1, 0.15) is 12.1 Å². The molecular weight excluding hydrogens is 330 g/mol. The number of benzene rings is 1. The van der Waals surface area contributed by atoms with Gasteiger partial charge < -0.3 is 5.32 Å². The molecule has 3 heterocycles. The van der Waals surface area contributed by atoms with E-state index in [1.165, 1.54) is 16.0 Å². The van der Waals surface area contributed by atoms with Crippen molar-refractivity contribution in [3.63, 3.8) is 0 Å². The molecule has 6 heteroatoms. The summed E-state index contributed by atoms with van der Waals surface area (Å²) in [6.07, 6.45) is 4.41. The fourth-order valence-corrected chi connectivity index (χ4v) is 3.58. The molecule has 3 aromatic heterocycles. The predicted molar refractivity (Wildman–Crippen MR) is 103 cm³/mol. The summed E-state index contributed by atoms with van der Waals surface area (Å²) in [4.78, 5) is 10.2. The summed E-state index contributed by atoms with van der Waals surface area (Å²) in [6.45, 7) is 5.01. The fraction of sp³-hybridized carbons (Fsp3) is 0.211. The second kappa shape index (κ2) is 6.64. The van der Waals surface area contributed by atoms with Crippen molar-refractivity contribution in [3.8, 4) is 5.69 Å². The van der Waals surface area contributed by atoms with Crippen molar-refractivity contribution >= 4 is 28.2 Å². The summed E-state index contributed by atoms with van der Waals surface area (Å²) < 4.78 is 1.89. The van der Waals surface area contributed by atoms with Gasteiger partial charge in [0.15, 0.2) is 5.65 Å². The molecule has 0 fully saturated rings. The lowest BCUT2D eigenvalue weighted by molar-refractivity contribution is 0.885. The standard InChI is InChI=1S/C19H19N5S/c1-13-5-6-14(2)17(10-13)24-19-16(11-23-24)18(21-12-22-19)20-8-7-15-4-3-9-25-15/h3-6,9-12H,7-8H2,1-2H3,(H,20,21,22). The summed E-state index contributed by atoms with van der Waals surface area (Å²) in [5.74, 6) is 0.832. The van der Waals surface area contributed by atoms with Crippen LogP contribution in [0.25, 0.3) is 16.7 Å². The molecule has 126 valence electrons. The van der Waals surface area contributed by atoms with Crippen molar-refractivity contribution in [2.75, 3.05) is 11.9 Å². The van der Waals surface area contributed by atoms with Crippen molar-refractivity contribution in [1.29, 1.82) is 0 Å². The zero-order chi connectivity index (χ0) is 17.2. The van der Waals surface area contributed by atoms with Gasteiger partial charge in [-0.05, 0) is 48.9 Å². The van der Waals surface area contributed by atoms with Gasteiger partial charge in [-0.3, -0.25) is 0 Å². The van der Waals surface area contributed by atoms with Gasteiger partial charge in [-0.2, -0.15) is 5.10 Å². The third-order valence-corrected chi connectivity index (χ3v) is 5.14. The molecule has 0 saturated heterocycles. The van der Waals surface area contributed by atoms with Gasteiger partial charge in [0.25, 0.3) is 0 Å². The van der Waals surface area contributed by atoms with Crippen LogP contribution in [-0.2, 0) is 6.42 Å². The SMILES string of the molecule is Cc1ccc(C)c(-n2ncc3c(NCCc4cccs4)ncnc32)c1. The Balaban J connectivity index is 1.65. The van der Waals surface area contributed by atoms with Gasteiger partial charge in [0, 0.05) is 11.4 Å². The second-order valence-corrected chi connectivity index (χ2v) is 7.09. The Kier molecular flexibility index (Phi) is 4.19. The van der Waals surface area contributed by atoms with Gasteiger partial charge in [0.05, 0.1) is 17.3 Å². The van der Waals surface area contributed by atoms with E-state index in [1.807, 2.05) is 10.9 Å². The molecule has 5 nitrogen and oxygen atoms in total. The molecule has 0 aliphatic carbocycles. The first kappa shape index (κ1) is 15.8. The lowest BCUT2D eigenvalue weighted by Gasteiger charge is -2.09. The van der Waals surface area contributed by atoms with Crippen molar-refractivity contribution in [2.45, 2.75) is 20.3 Å². The number of nitrogens with one attached hydrogen (secondary N) is 1. The normalized spacial score (nSPS) is 11.1. The van der Waals surface area contributed by atoms with Gasteiger partial charge >= 0.3 is 0 Å². The first-order valence-corrected chi connectivity index (χ1v) is 9.13. The summed E-state index contributed by atoms with van der Waals surface area (Å²) in [5.41, 5.74) is 4.24. The molecule has 0 aliphatic rings. The number of aryl methyl sites for hydroxylation is 2. The molecular formula is C19H19N5S. The molecule has 0 unspecified atom stereocenters. The van der Waals surface area contributed by atoms with Crippen LogP contribution in [0.1, 0.15) is 16.0 Å². The van der Waals surface area contributed by atoms with Crippen LogP contribution in [0.15, 0.2) is 48.2 Å². The average molecular weight is 349 g/mol. The number of aromatic nitrogens is 4. The molecule has 4 rings (SSSR count). The minimum absolute atomic E-state index is 0.822. The largest absolute Gasteiger partial charge is 0.369 e. The maximum absolute atomic E-state index is 4.56. The van der Waals surface area contributed by atoms with Gasteiger partial charge in [-0.25, -0.2) is 14.6 Å². The first-order chi connectivity index (χ1) is 12.2. The maximum atomic E-state index is 4.56. The van der Waals surface area contributed by atoms with E-state index < -0.39 is 0 Å².